The van der Waals surface area contributed by atoms with Crippen molar-refractivity contribution in [1.82, 2.24) is 0 Å². The number of hydrogen-bond acceptors (Lipinski definition) is 10. The van der Waals surface area contributed by atoms with Gasteiger partial charge in [-0.1, -0.05) is 64.5 Å². The van der Waals surface area contributed by atoms with Crippen LogP contribution in [0.5, 0.6) is 0 Å². The third-order valence-electron chi connectivity index (χ3n) is 5.11. The van der Waals surface area contributed by atoms with Crippen molar-refractivity contribution in [1.29, 1.82) is 0 Å². The number of carbonyl (C=O) groups is 5. The van der Waals surface area contributed by atoms with Crippen LogP contribution < -0.4 is 0 Å². The lowest BCUT2D eigenvalue weighted by atomic mass is 10.1. The van der Waals surface area contributed by atoms with Gasteiger partial charge in [-0.2, -0.15) is 0 Å². The van der Waals surface area contributed by atoms with Gasteiger partial charge in [0.05, 0.1) is 24.3 Å². The van der Waals surface area contributed by atoms with E-state index in [0.29, 0.717) is 13.2 Å². The molecule has 0 bridgehead atoms. The number of unbranched alkanes of at least 4 members (excludes halogenated alkanes) is 6. The van der Waals surface area contributed by atoms with E-state index < -0.39 is 36.0 Å². The average molecular weight is 553 g/mol. The number of rotatable bonds is 17. The first-order valence-electron chi connectivity index (χ1n) is 13.5. The van der Waals surface area contributed by atoms with Gasteiger partial charge in [-0.25, -0.2) is 9.59 Å². The fourth-order valence-corrected chi connectivity index (χ4v) is 3.15. The first kappa shape index (κ1) is 35.6. The van der Waals surface area contributed by atoms with Gasteiger partial charge >= 0.3 is 29.8 Å². The van der Waals surface area contributed by atoms with Crippen molar-refractivity contribution in [3.05, 3.63) is 35.4 Å². The van der Waals surface area contributed by atoms with Crippen LogP contribution in [-0.4, -0.2) is 62.4 Å². The zero-order valence-electron chi connectivity index (χ0n) is 24.0. The SMILES string of the molecule is CC(=O)OCC(COC(C)=O)OC(C)=O.CCCCCCOC(=O)c1ccccc1C(=O)OCCCCCC. The van der Waals surface area contributed by atoms with E-state index in [1.54, 1.807) is 24.3 Å². The number of ether oxygens (including phenoxy) is 5. The molecule has 220 valence electrons. The lowest BCUT2D eigenvalue weighted by Crippen LogP contribution is -2.29. The third kappa shape index (κ3) is 19.3. The van der Waals surface area contributed by atoms with Gasteiger partial charge in [0.15, 0.2) is 6.10 Å². The van der Waals surface area contributed by atoms with Crippen LogP contribution in [0.15, 0.2) is 24.3 Å². The van der Waals surface area contributed by atoms with E-state index in [4.69, 9.17) is 14.2 Å². The highest BCUT2D eigenvalue weighted by molar-refractivity contribution is 6.03. The first-order chi connectivity index (χ1) is 18.6. The smallest absolute Gasteiger partial charge is 0.339 e. The molecule has 0 saturated heterocycles. The van der Waals surface area contributed by atoms with Gasteiger partial charge in [0, 0.05) is 20.8 Å². The monoisotopic (exact) mass is 552 g/mol. The topological polar surface area (TPSA) is 132 Å². The molecule has 1 aromatic rings. The molecule has 0 amide bonds. The Labute approximate surface area is 231 Å². The Balaban J connectivity index is 0.000000830. The maximum Gasteiger partial charge on any atom is 0.339 e. The minimum atomic E-state index is -0.754. The van der Waals surface area contributed by atoms with Crippen molar-refractivity contribution in [3.8, 4) is 0 Å². The Morgan fingerprint density at radius 3 is 1.33 bits per heavy atom. The highest BCUT2D eigenvalue weighted by Gasteiger charge is 2.19. The van der Waals surface area contributed by atoms with Crippen molar-refractivity contribution in [3.63, 3.8) is 0 Å². The molecule has 0 spiro atoms. The van der Waals surface area contributed by atoms with Crippen molar-refractivity contribution in [2.75, 3.05) is 26.4 Å². The molecule has 0 unspecified atom stereocenters. The van der Waals surface area contributed by atoms with Crippen LogP contribution in [0.2, 0.25) is 0 Å². The number of esters is 5. The molecular weight excluding hydrogens is 508 g/mol. The molecule has 10 heteroatoms. The summed E-state index contributed by atoms with van der Waals surface area (Å²) in [6.45, 7) is 8.48. The van der Waals surface area contributed by atoms with Crippen molar-refractivity contribution in [2.45, 2.75) is 92.1 Å². The summed E-state index contributed by atoms with van der Waals surface area (Å²) >= 11 is 0. The molecule has 0 saturated carbocycles. The van der Waals surface area contributed by atoms with E-state index in [1.807, 2.05) is 0 Å². The second kappa shape index (κ2) is 22.5. The zero-order valence-corrected chi connectivity index (χ0v) is 24.0. The van der Waals surface area contributed by atoms with E-state index >= 15 is 0 Å². The minimum Gasteiger partial charge on any atom is -0.462 e. The maximum atomic E-state index is 12.2. The Kier molecular flexibility index (Phi) is 20.6. The minimum absolute atomic E-state index is 0.123. The van der Waals surface area contributed by atoms with Gasteiger partial charge in [-0.05, 0) is 25.0 Å². The lowest BCUT2D eigenvalue weighted by Gasteiger charge is -2.15. The third-order valence-corrected chi connectivity index (χ3v) is 5.11. The molecule has 0 fully saturated rings. The standard InChI is InChI=1S/C20H30O4.C9H14O6/c1-3-5-7-11-15-23-19(21)17-13-9-10-14-18(17)20(22)24-16-12-8-6-4-2;1-6(10)13-4-9(15-8(3)12)5-14-7(2)11/h9-10,13-14H,3-8,11-12,15-16H2,1-2H3;9H,4-5H2,1-3H3. The number of benzene rings is 1. The van der Waals surface area contributed by atoms with Crippen LogP contribution in [0.25, 0.3) is 0 Å². The molecule has 0 N–H and O–H groups in total. The molecular formula is C29H44O10. The highest BCUT2D eigenvalue weighted by atomic mass is 16.6. The summed E-state index contributed by atoms with van der Waals surface area (Å²) in [5, 5.41) is 0. The Bertz CT molecular complexity index is 818. The van der Waals surface area contributed by atoms with E-state index in [1.165, 1.54) is 20.8 Å². The number of hydrogen-bond donors (Lipinski definition) is 0. The lowest BCUT2D eigenvalue weighted by molar-refractivity contribution is -0.163. The Hall–Kier alpha value is -3.43. The molecule has 0 atom stereocenters. The molecule has 0 aliphatic rings. The first-order valence-corrected chi connectivity index (χ1v) is 13.5. The van der Waals surface area contributed by atoms with E-state index in [2.05, 4.69) is 23.3 Å². The normalized spacial score (nSPS) is 10.1. The summed E-state index contributed by atoms with van der Waals surface area (Å²) in [6, 6.07) is 6.68. The van der Waals surface area contributed by atoms with Gasteiger partial charge in [0.2, 0.25) is 0 Å². The second-order valence-electron chi connectivity index (χ2n) is 8.78. The van der Waals surface area contributed by atoms with Crippen LogP contribution in [0.1, 0.15) is 107 Å². The molecule has 10 nitrogen and oxygen atoms in total. The van der Waals surface area contributed by atoms with Crippen LogP contribution in [-0.2, 0) is 38.1 Å². The zero-order chi connectivity index (χ0) is 29.5. The summed E-state index contributed by atoms with van der Waals surface area (Å²) in [5.41, 5.74) is 0.568. The summed E-state index contributed by atoms with van der Waals surface area (Å²) < 4.78 is 24.6. The molecule has 0 heterocycles. The van der Waals surface area contributed by atoms with Gasteiger partial charge in [-0.3, -0.25) is 14.4 Å². The fraction of sp³-hybridized carbons (Fsp3) is 0.621. The molecule has 0 aliphatic heterocycles. The molecule has 39 heavy (non-hydrogen) atoms. The van der Waals surface area contributed by atoms with Crippen molar-refractivity contribution >= 4 is 29.8 Å². The Morgan fingerprint density at radius 1 is 0.590 bits per heavy atom. The quantitative estimate of drug-likeness (QED) is 0.144. The van der Waals surface area contributed by atoms with Crippen LogP contribution in [0.4, 0.5) is 0 Å². The van der Waals surface area contributed by atoms with E-state index in [-0.39, 0.29) is 24.3 Å². The summed E-state index contributed by atoms with van der Waals surface area (Å²) in [6.07, 6.45) is 7.60. The van der Waals surface area contributed by atoms with Gasteiger partial charge in [0.1, 0.15) is 13.2 Å². The second-order valence-corrected chi connectivity index (χ2v) is 8.78. The van der Waals surface area contributed by atoms with Gasteiger partial charge in [-0.15, -0.1) is 0 Å². The van der Waals surface area contributed by atoms with Crippen molar-refractivity contribution in [2.24, 2.45) is 0 Å². The summed E-state index contributed by atoms with van der Waals surface area (Å²) in [5.74, 6) is -2.42. The fourth-order valence-electron chi connectivity index (χ4n) is 3.15. The van der Waals surface area contributed by atoms with E-state index in [9.17, 15) is 24.0 Å². The van der Waals surface area contributed by atoms with Crippen LogP contribution >= 0.6 is 0 Å². The van der Waals surface area contributed by atoms with Crippen LogP contribution in [0, 0.1) is 0 Å². The van der Waals surface area contributed by atoms with Crippen LogP contribution in [0.3, 0.4) is 0 Å². The van der Waals surface area contributed by atoms with E-state index in [0.717, 1.165) is 51.4 Å². The Morgan fingerprint density at radius 2 is 1.00 bits per heavy atom. The largest absolute Gasteiger partial charge is 0.462 e. The number of carbonyl (C=O) groups excluding carboxylic acids is 5. The summed E-state index contributed by atoms with van der Waals surface area (Å²) in [4.78, 5) is 56.0. The predicted molar refractivity (Wildman–Crippen MR) is 144 cm³/mol. The van der Waals surface area contributed by atoms with Crippen molar-refractivity contribution < 1.29 is 47.7 Å². The molecule has 1 aromatic carbocycles. The predicted octanol–water partition coefficient (Wildman–Crippen LogP) is 5.21. The van der Waals surface area contributed by atoms with Gasteiger partial charge in [0.25, 0.3) is 0 Å². The highest BCUT2D eigenvalue weighted by Crippen LogP contribution is 2.13. The molecule has 0 radical (unpaired) electrons. The molecule has 0 aliphatic carbocycles. The maximum absolute atomic E-state index is 12.2. The summed E-state index contributed by atoms with van der Waals surface area (Å²) in [7, 11) is 0. The van der Waals surface area contributed by atoms with Gasteiger partial charge < -0.3 is 23.7 Å². The molecule has 0 aromatic heterocycles. The molecule has 1 rings (SSSR count). The average Bonchev–Trinajstić information content (AvgIpc) is 2.89.